The van der Waals surface area contributed by atoms with Crippen LogP contribution < -0.4 is 16.2 Å². The minimum Gasteiger partial charge on any atom is -0.357 e. The number of amides is 1. The Morgan fingerprint density at radius 1 is 1.27 bits per heavy atom. The minimum absolute atomic E-state index is 0.0971. The molecule has 0 fully saturated rings. The van der Waals surface area contributed by atoms with Crippen molar-refractivity contribution in [3.05, 3.63) is 34.3 Å². The van der Waals surface area contributed by atoms with Gasteiger partial charge in [0.2, 0.25) is 0 Å². The van der Waals surface area contributed by atoms with Crippen LogP contribution in [-0.2, 0) is 10.5 Å². The monoisotopic (exact) mass is 403 g/mol. The standard InChI is InChI=1S/C15H22BrN3OS2/c1-10(22-9-11-5-7-12(16)8-6-11)13(20)18-19-14(21)17-15(2,3)4/h5-8,10H,9H2,1-4H3,(H,18,20)(H2,17,19,21)/t10-/m1/s1. The Bertz CT molecular complexity index is 515. The second-order valence-corrected chi connectivity index (χ2v) is 8.55. The normalized spacial score (nSPS) is 12.4. The van der Waals surface area contributed by atoms with Crippen molar-refractivity contribution in [2.75, 3.05) is 0 Å². The topological polar surface area (TPSA) is 53.2 Å². The minimum atomic E-state index is -0.173. The number of carbonyl (C=O) groups excluding carboxylic acids is 1. The smallest absolute Gasteiger partial charge is 0.251 e. The van der Waals surface area contributed by atoms with Crippen molar-refractivity contribution in [3.63, 3.8) is 0 Å². The van der Waals surface area contributed by atoms with Crippen LogP contribution in [0.1, 0.15) is 33.3 Å². The van der Waals surface area contributed by atoms with Crippen LogP contribution in [0.4, 0.5) is 0 Å². The van der Waals surface area contributed by atoms with Crippen molar-refractivity contribution < 1.29 is 4.79 Å². The molecule has 0 heterocycles. The van der Waals surface area contributed by atoms with E-state index >= 15 is 0 Å². The second-order valence-electron chi connectivity index (χ2n) is 5.90. The van der Waals surface area contributed by atoms with Gasteiger partial charge in [-0.15, -0.1) is 11.8 Å². The van der Waals surface area contributed by atoms with E-state index in [1.807, 2.05) is 52.0 Å². The Kier molecular flexibility index (Phi) is 7.65. The van der Waals surface area contributed by atoms with E-state index in [4.69, 9.17) is 12.2 Å². The summed E-state index contributed by atoms with van der Waals surface area (Å²) in [4.78, 5) is 12.0. The lowest BCUT2D eigenvalue weighted by Gasteiger charge is -2.23. The summed E-state index contributed by atoms with van der Waals surface area (Å²) < 4.78 is 1.05. The van der Waals surface area contributed by atoms with Crippen LogP contribution in [0, 0.1) is 0 Å². The first-order valence-corrected chi connectivity index (χ1v) is 9.16. The quantitative estimate of drug-likeness (QED) is 0.531. The largest absolute Gasteiger partial charge is 0.357 e. The van der Waals surface area contributed by atoms with Crippen LogP contribution in [0.25, 0.3) is 0 Å². The van der Waals surface area contributed by atoms with Crippen molar-refractivity contribution in [1.29, 1.82) is 0 Å². The fourth-order valence-corrected chi connectivity index (χ4v) is 2.94. The molecule has 1 aromatic carbocycles. The van der Waals surface area contributed by atoms with E-state index in [1.165, 1.54) is 5.56 Å². The molecule has 0 radical (unpaired) electrons. The predicted molar refractivity (Wildman–Crippen MR) is 102 cm³/mol. The molecule has 0 saturated carbocycles. The number of thiocarbonyl (C=S) groups is 1. The molecule has 0 aliphatic carbocycles. The lowest BCUT2D eigenvalue weighted by molar-refractivity contribution is -0.120. The molecular formula is C15H22BrN3OS2. The summed E-state index contributed by atoms with van der Waals surface area (Å²) >= 11 is 10.1. The number of benzene rings is 1. The first-order chi connectivity index (χ1) is 10.2. The molecule has 1 amide bonds. The molecule has 7 heteroatoms. The molecule has 0 unspecified atom stereocenters. The summed E-state index contributed by atoms with van der Waals surface area (Å²) in [7, 11) is 0. The van der Waals surface area contributed by atoms with Gasteiger partial charge in [-0.2, -0.15) is 0 Å². The average molecular weight is 404 g/mol. The first-order valence-electron chi connectivity index (χ1n) is 6.91. The molecule has 22 heavy (non-hydrogen) atoms. The zero-order valence-corrected chi connectivity index (χ0v) is 16.4. The number of hydrogen-bond donors (Lipinski definition) is 3. The fourth-order valence-electron chi connectivity index (χ4n) is 1.47. The molecule has 1 atom stereocenters. The van der Waals surface area contributed by atoms with E-state index in [0.29, 0.717) is 5.11 Å². The van der Waals surface area contributed by atoms with Crippen molar-refractivity contribution in [1.82, 2.24) is 16.2 Å². The third kappa shape index (κ3) is 8.00. The number of hydrogen-bond acceptors (Lipinski definition) is 3. The summed E-state index contributed by atoms with van der Waals surface area (Å²) in [5.74, 6) is 0.687. The Hall–Kier alpha value is -0.790. The highest BCUT2D eigenvalue weighted by molar-refractivity contribution is 9.10. The molecule has 0 spiro atoms. The van der Waals surface area contributed by atoms with Gasteiger partial charge in [-0.3, -0.25) is 15.6 Å². The van der Waals surface area contributed by atoms with Crippen LogP contribution in [0.2, 0.25) is 0 Å². The summed E-state index contributed by atoms with van der Waals surface area (Å²) in [6, 6.07) is 8.09. The van der Waals surface area contributed by atoms with E-state index in [0.717, 1.165) is 10.2 Å². The Morgan fingerprint density at radius 3 is 2.41 bits per heavy atom. The number of thioether (sulfide) groups is 1. The van der Waals surface area contributed by atoms with E-state index in [2.05, 4.69) is 32.1 Å². The molecule has 0 aliphatic heterocycles. The summed E-state index contributed by atoms with van der Waals surface area (Å²) in [6.07, 6.45) is 0. The number of carbonyl (C=O) groups is 1. The van der Waals surface area contributed by atoms with Gasteiger partial charge in [0.15, 0.2) is 5.11 Å². The predicted octanol–water partition coefficient (Wildman–Crippen LogP) is 3.36. The highest BCUT2D eigenvalue weighted by Crippen LogP contribution is 2.19. The van der Waals surface area contributed by atoms with Gasteiger partial charge < -0.3 is 5.32 Å². The van der Waals surface area contributed by atoms with Crippen LogP contribution in [0.15, 0.2) is 28.7 Å². The summed E-state index contributed by atoms with van der Waals surface area (Å²) in [5.41, 5.74) is 6.40. The third-order valence-electron chi connectivity index (χ3n) is 2.57. The SMILES string of the molecule is C[C@@H](SCc1ccc(Br)cc1)C(=O)NNC(=S)NC(C)(C)C. The van der Waals surface area contributed by atoms with E-state index in [9.17, 15) is 4.79 Å². The Morgan fingerprint density at radius 2 is 1.86 bits per heavy atom. The lowest BCUT2D eigenvalue weighted by Crippen LogP contribution is -2.53. The molecule has 0 aromatic heterocycles. The maximum atomic E-state index is 12.0. The molecule has 1 rings (SSSR count). The molecule has 4 nitrogen and oxygen atoms in total. The molecule has 0 saturated heterocycles. The van der Waals surface area contributed by atoms with Gasteiger partial charge in [-0.1, -0.05) is 28.1 Å². The third-order valence-corrected chi connectivity index (χ3v) is 4.52. The molecule has 1 aromatic rings. The highest BCUT2D eigenvalue weighted by atomic mass is 79.9. The van der Waals surface area contributed by atoms with Crippen molar-refractivity contribution in [2.45, 2.75) is 44.2 Å². The zero-order chi connectivity index (χ0) is 16.8. The molecule has 122 valence electrons. The second kappa shape index (κ2) is 8.74. The van der Waals surface area contributed by atoms with E-state index in [1.54, 1.807) is 11.8 Å². The van der Waals surface area contributed by atoms with Crippen molar-refractivity contribution in [2.24, 2.45) is 0 Å². The molecule has 0 bridgehead atoms. The average Bonchev–Trinajstić information content (AvgIpc) is 2.42. The summed E-state index contributed by atoms with van der Waals surface area (Å²) in [6.45, 7) is 7.87. The van der Waals surface area contributed by atoms with Gasteiger partial charge >= 0.3 is 0 Å². The van der Waals surface area contributed by atoms with Gasteiger partial charge in [-0.25, -0.2) is 0 Å². The van der Waals surface area contributed by atoms with Crippen LogP contribution in [0.5, 0.6) is 0 Å². The molecule has 0 aliphatic rings. The number of rotatable bonds is 4. The fraction of sp³-hybridized carbons (Fsp3) is 0.467. The maximum Gasteiger partial charge on any atom is 0.251 e. The lowest BCUT2D eigenvalue weighted by atomic mass is 10.1. The van der Waals surface area contributed by atoms with Crippen molar-refractivity contribution in [3.8, 4) is 0 Å². The highest BCUT2D eigenvalue weighted by Gasteiger charge is 2.15. The van der Waals surface area contributed by atoms with E-state index in [-0.39, 0.29) is 16.7 Å². The first kappa shape index (κ1) is 19.3. The van der Waals surface area contributed by atoms with Crippen LogP contribution >= 0.6 is 39.9 Å². The number of halogens is 1. The maximum absolute atomic E-state index is 12.0. The molecular weight excluding hydrogens is 382 g/mol. The van der Waals surface area contributed by atoms with Crippen LogP contribution in [-0.4, -0.2) is 21.8 Å². The molecule has 3 N–H and O–H groups in total. The zero-order valence-electron chi connectivity index (χ0n) is 13.2. The number of nitrogens with one attached hydrogen (secondary N) is 3. The van der Waals surface area contributed by atoms with Crippen molar-refractivity contribution >= 4 is 50.9 Å². The van der Waals surface area contributed by atoms with Crippen LogP contribution in [0.3, 0.4) is 0 Å². The Labute approximate surface area is 150 Å². The Balaban J connectivity index is 2.33. The van der Waals surface area contributed by atoms with Gasteiger partial charge in [-0.05, 0) is 57.6 Å². The van der Waals surface area contributed by atoms with Gasteiger partial charge in [0.1, 0.15) is 0 Å². The van der Waals surface area contributed by atoms with Gasteiger partial charge in [0.05, 0.1) is 5.25 Å². The number of hydrazine groups is 1. The van der Waals surface area contributed by atoms with Gasteiger partial charge in [0.25, 0.3) is 5.91 Å². The summed E-state index contributed by atoms with van der Waals surface area (Å²) in [5, 5.41) is 3.31. The van der Waals surface area contributed by atoms with E-state index < -0.39 is 0 Å². The van der Waals surface area contributed by atoms with Gasteiger partial charge in [0, 0.05) is 15.8 Å².